The third-order valence-corrected chi connectivity index (χ3v) is 22.8. The molecule has 0 radical (unpaired) electrons. The fourth-order valence-corrected chi connectivity index (χ4v) is 17.3. The minimum atomic E-state index is -2.06. The standard InChI is InChI=1S/C60H96O28/c1-9-29(64)31-18-24(2)60(88-31)17-16-58(7)28-10-11-35-56(5,27(28)12-15-59(58,60)8)14-13-36(57(35,6)23-79-26(4)63)84-52-46(75)44(73)40(69)34(83-52)22-78-54-49(38(67)30(65)21-77-54)86-55-50(87-51-45(74)42(71)37(66)25(3)80-51)48(41(70)33(20-62)82-55)85-53-47(76)43(72)39(68)32(19-61)81-53/h24-25,30-55,61-62,65-76H,9-23H2,1-8H3/t24-,25+,30+,31+,32-,33-,34-,35-,36+,37+,38+,39-,40-,41-,42-,43+,44+,45-,46-,47-,48+,49-,50-,51+,52+,53+,54+,55+,56-,57-,58+,59+,60+/m1/s1. The van der Waals surface area contributed by atoms with E-state index in [1.165, 1.54) is 25.0 Å². The predicted molar refractivity (Wildman–Crippen MR) is 295 cm³/mol. The van der Waals surface area contributed by atoms with E-state index in [1.54, 1.807) is 0 Å². The molecule has 6 saturated heterocycles. The van der Waals surface area contributed by atoms with Crippen LogP contribution >= 0.6 is 0 Å². The molecule has 4 aliphatic carbocycles. The molecule has 6 heterocycles. The molecule has 0 amide bonds. The molecule has 10 rings (SSSR count). The van der Waals surface area contributed by atoms with Gasteiger partial charge in [0.05, 0.1) is 50.8 Å². The highest BCUT2D eigenvalue weighted by Gasteiger charge is 2.72. The molecule has 504 valence electrons. The first-order valence-corrected chi connectivity index (χ1v) is 31.4. The number of hydrogen-bond acceptors (Lipinski definition) is 28. The highest BCUT2D eigenvalue weighted by Crippen LogP contribution is 2.75. The summed E-state index contributed by atoms with van der Waals surface area (Å²) in [4.78, 5) is 25.8. The summed E-state index contributed by atoms with van der Waals surface area (Å²) >= 11 is 0. The summed E-state index contributed by atoms with van der Waals surface area (Å²) in [5.74, 6) is -0.273. The molecular formula is C60H96O28. The van der Waals surface area contributed by atoms with Crippen molar-refractivity contribution in [1.82, 2.24) is 0 Å². The maximum absolute atomic E-state index is 13.1. The fraction of sp³-hybridized carbons (Fsp3) is 0.933. The van der Waals surface area contributed by atoms with Crippen molar-refractivity contribution in [2.45, 2.75) is 285 Å². The van der Waals surface area contributed by atoms with Crippen LogP contribution in [0.15, 0.2) is 11.1 Å². The lowest BCUT2D eigenvalue weighted by Crippen LogP contribution is -2.68. The molecule has 1 spiro atoms. The Bertz CT molecular complexity index is 2470. The van der Waals surface area contributed by atoms with Crippen LogP contribution in [0, 0.1) is 33.5 Å². The summed E-state index contributed by atoms with van der Waals surface area (Å²) < 4.78 is 73.5. The van der Waals surface area contributed by atoms with Crippen molar-refractivity contribution in [2.24, 2.45) is 33.5 Å². The summed E-state index contributed by atoms with van der Waals surface area (Å²) in [5, 5.41) is 154. The lowest BCUT2D eigenvalue weighted by molar-refractivity contribution is -0.406. The molecule has 2 saturated carbocycles. The Hall–Kier alpha value is -2.12. The van der Waals surface area contributed by atoms with E-state index in [4.69, 9.17) is 56.8 Å². The Labute approximate surface area is 510 Å². The van der Waals surface area contributed by atoms with Gasteiger partial charge in [-0.05, 0) is 87.4 Å². The van der Waals surface area contributed by atoms with Gasteiger partial charge in [-0.2, -0.15) is 0 Å². The smallest absolute Gasteiger partial charge is 0.302 e. The highest BCUT2D eigenvalue weighted by atomic mass is 16.8. The third-order valence-electron chi connectivity index (χ3n) is 22.8. The van der Waals surface area contributed by atoms with Gasteiger partial charge in [0, 0.05) is 24.2 Å². The van der Waals surface area contributed by atoms with Crippen molar-refractivity contribution >= 4 is 11.8 Å². The van der Waals surface area contributed by atoms with Gasteiger partial charge < -0.3 is 128 Å². The number of allylic oxidation sites excluding steroid dienone is 2. The van der Waals surface area contributed by atoms with Crippen molar-refractivity contribution in [3.63, 3.8) is 0 Å². The summed E-state index contributed by atoms with van der Waals surface area (Å²) in [6, 6.07) is 0. The lowest BCUT2D eigenvalue weighted by atomic mass is 9.42. The first-order chi connectivity index (χ1) is 41.4. The van der Waals surface area contributed by atoms with Crippen molar-refractivity contribution in [3.8, 4) is 0 Å². The Morgan fingerprint density at radius 2 is 1.16 bits per heavy atom. The molecule has 0 unspecified atom stereocenters. The molecule has 0 aromatic heterocycles. The quantitative estimate of drug-likeness (QED) is 0.0508. The van der Waals surface area contributed by atoms with Crippen LogP contribution < -0.4 is 0 Å². The SMILES string of the molecule is CCC(=O)[C@@H]1C[C@@H](C)[C@]2(CC[C@@]3(C)C4=C(CC[C@@]32C)[C@@]2(C)CC[C@H](O[C@@H]3O[C@H](CO[C@@H]5OC[C@H](O)[C@H](O)[C@H]5O[C@@H]5O[C@H](CO)[C@@H](O)[C@H](O[C@@H]6O[C@H](CO)[C@@H](O)[C@H](O)[C@H]6O)[C@H]5O[C@@H]5O[C@@H](C)[C@H](O)[C@@H](O)[C@H]5O)[C@@H](O)[C@H](O)[C@H]3O)[C@](C)(COC(C)=O)[C@@H]2CC4)O1. The Morgan fingerprint density at radius 1 is 0.580 bits per heavy atom. The number of ketones is 1. The molecule has 10 aliphatic rings. The Morgan fingerprint density at radius 3 is 1.81 bits per heavy atom. The monoisotopic (exact) mass is 1260 g/mol. The number of aliphatic hydroxyl groups is 14. The molecule has 0 bridgehead atoms. The van der Waals surface area contributed by atoms with Gasteiger partial charge in [-0.15, -0.1) is 0 Å². The van der Waals surface area contributed by atoms with Crippen molar-refractivity contribution in [3.05, 3.63) is 11.1 Å². The topological polar surface area (TPSA) is 428 Å². The van der Waals surface area contributed by atoms with Gasteiger partial charge in [-0.3, -0.25) is 9.59 Å². The number of ether oxygens (including phenoxy) is 12. The second kappa shape index (κ2) is 26.2. The van der Waals surface area contributed by atoms with Gasteiger partial charge >= 0.3 is 5.97 Å². The van der Waals surface area contributed by atoms with Crippen LogP contribution in [0.4, 0.5) is 0 Å². The van der Waals surface area contributed by atoms with Crippen LogP contribution in [-0.2, 0) is 66.4 Å². The van der Waals surface area contributed by atoms with Gasteiger partial charge in [0.2, 0.25) is 0 Å². The molecule has 6 aliphatic heterocycles. The molecule has 14 N–H and O–H groups in total. The highest BCUT2D eigenvalue weighted by molar-refractivity contribution is 5.83. The third kappa shape index (κ3) is 11.6. The second-order valence-electron chi connectivity index (χ2n) is 27.5. The van der Waals surface area contributed by atoms with Crippen LogP contribution in [0.25, 0.3) is 0 Å². The molecule has 0 aromatic carbocycles. The lowest BCUT2D eigenvalue weighted by Gasteiger charge is -2.63. The molecular weight excluding hydrogens is 1170 g/mol. The van der Waals surface area contributed by atoms with Crippen LogP contribution in [0.3, 0.4) is 0 Å². The van der Waals surface area contributed by atoms with Crippen LogP contribution in [0.5, 0.6) is 0 Å². The van der Waals surface area contributed by atoms with E-state index in [1.807, 2.05) is 13.8 Å². The van der Waals surface area contributed by atoms with E-state index >= 15 is 0 Å². The fourth-order valence-electron chi connectivity index (χ4n) is 17.3. The first kappa shape index (κ1) is 68.7. The zero-order valence-corrected chi connectivity index (χ0v) is 51.2. The first-order valence-electron chi connectivity index (χ1n) is 31.4. The van der Waals surface area contributed by atoms with Gasteiger partial charge in [-0.25, -0.2) is 0 Å². The van der Waals surface area contributed by atoms with Crippen LogP contribution in [-0.4, -0.2) is 282 Å². The van der Waals surface area contributed by atoms with Gasteiger partial charge in [0.1, 0.15) is 116 Å². The van der Waals surface area contributed by atoms with E-state index in [0.29, 0.717) is 32.1 Å². The van der Waals surface area contributed by atoms with Crippen LogP contribution in [0.1, 0.15) is 120 Å². The number of fused-ring (bicyclic) bond motifs is 5. The summed E-state index contributed by atoms with van der Waals surface area (Å²) in [7, 11) is 0. The van der Waals surface area contributed by atoms with Gasteiger partial charge in [0.15, 0.2) is 37.2 Å². The average Bonchev–Trinajstić information content (AvgIpc) is 1.43. The minimum Gasteiger partial charge on any atom is -0.465 e. The Balaban J connectivity index is 0.878. The van der Waals surface area contributed by atoms with Gasteiger partial charge in [-0.1, -0.05) is 52.7 Å². The summed E-state index contributed by atoms with van der Waals surface area (Å²) in [6.45, 7) is 12.7. The van der Waals surface area contributed by atoms with E-state index in [-0.39, 0.29) is 40.5 Å². The molecule has 0 aromatic rings. The number of esters is 1. The molecule has 28 nitrogen and oxygen atoms in total. The number of hydrogen-bond donors (Lipinski definition) is 14. The maximum atomic E-state index is 13.1. The zero-order chi connectivity index (χ0) is 64.1. The minimum absolute atomic E-state index is 0.0466. The number of carbonyl (C=O) groups excluding carboxylic acids is 2. The van der Waals surface area contributed by atoms with E-state index in [9.17, 15) is 81.1 Å². The molecule has 8 fully saturated rings. The average molecular weight is 1270 g/mol. The largest absolute Gasteiger partial charge is 0.465 e. The molecule has 28 heteroatoms. The number of rotatable bonds is 17. The van der Waals surface area contributed by atoms with Crippen molar-refractivity contribution in [2.75, 3.05) is 33.0 Å². The zero-order valence-electron chi connectivity index (χ0n) is 51.2. The maximum Gasteiger partial charge on any atom is 0.302 e. The van der Waals surface area contributed by atoms with E-state index in [2.05, 4.69) is 27.7 Å². The summed E-state index contributed by atoms with van der Waals surface area (Å²) in [5.41, 5.74) is 0.698. The van der Waals surface area contributed by atoms with Crippen LogP contribution in [0.2, 0.25) is 0 Å². The number of aliphatic hydroxyl groups excluding tert-OH is 14. The summed E-state index contributed by atoms with van der Waals surface area (Å²) in [6.07, 6.45) is -37.5. The van der Waals surface area contributed by atoms with E-state index < -0.39 is 203 Å². The Kier molecular flexibility index (Phi) is 20.5. The van der Waals surface area contributed by atoms with E-state index in [0.717, 1.165) is 32.1 Å². The number of carbonyl (C=O) groups is 2. The molecule has 33 atom stereocenters. The van der Waals surface area contributed by atoms with Gasteiger partial charge in [0.25, 0.3) is 0 Å². The van der Waals surface area contributed by atoms with Crippen molar-refractivity contribution < 1.29 is 138 Å². The second-order valence-corrected chi connectivity index (χ2v) is 27.5. The predicted octanol–water partition coefficient (Wildman–Crippen LogP) is -3.05. The van der Waals surface area contributed by atoms with Crippen molar-refractivity contribution in [1.29, 1.82) is 0 Å². The number of Topliss-reactive ketones (excluding diaryl/α,β-unsaturated/α-hetero) is 1. The molecule has 88 heavy (non-hydrogen) atoms. The normalized spacial score (nSPS) is 53.1.